The van der Waals surface area contributed by atoms with E-state index in [-0.39, 0.29) is 17.1 Å². The smallest absolute Gasteiger partial charge is 0.392 e. The number of aliphatic hydroxyl groups is 1. The summed E-state index contributed by atoms with van der Waals surface area (Å²) in [6, 6.07) is 3.84. The Balaban J connectivity index is 3.22. The summed E-state index contributed by atoms with van der Waals surface area (Å²) >= 11 is 1.04. The van der Waals surface area contributed by atoms with Crippen molar-refractivity contribution >= 4 is 11.8 Å². The highest BCUT2D eigenvalue weighted by molar-refractivity contribution is 7.98. The maximum absolute atomic E-state index is 12.5. The summed E-state index contributed by atoms with van der Waals surface area (Å²) in [5.74, 6) is 0. The fourth-order valence-electron chi connectivity index (χ4n) is 1.08. The number of rotatable bonds is 2. The molecule has 5 heteroatoms. The van der Waals surface area contributed by atoms with Gasteiger partial charge in [-0.3, -0.25) is 0 Å². The highest BCUT2D eigenvalue weighted by Crippen LogP contribution is 2.36. The summed E-state index contributed by atoms with van der Waals surface area (Å²) in [6.07, 6.45) is -2.77. The van der Waals surface area contributed by atoms with Gasteiger partial charge in [0.1, 0.15) is 0 Å². The van der Waals surface area contributed by atoms with Gasteiger partial charge in [-0.05, 0) is 24.0 Å². The Hall–Kier alpha value is -0.680. The molecule has 0 unspecified atom stereocenters. The Bertz CT molecular complexity index is 322. The summed E-state index contributed by atoms with van der Waals surface area (Å²) in [5.41, 5.74) is -0.410. The molecule has 0 heterocycles. The molecule has 0 saturated carbocycles. The SMILES string of the molecule is CSc1ccc(CO)cc1C(F)(F)F. The zero-order chi connectivity index (χ0) is 10.8. The summed E-state index contributed by atoms with van der Waals surface area (Å²) < 4.78 is 37.4. The molecule has 1 rings (SSSR count). The molecule has 1 N–H and O–H groups in total. The Morgan fingerprint density at radius 2 is 2.00 bits per heavy atom. The minimum absolute atomic E-state index is 0.176. The second kappa shape index (κ2) is 4.23. The van der Waals surface area contributed by atoms with Crippen LogP contribution in [-0.4, -0.2) is 11.4 Å². The van der Waals surface area contributed by atoms with Crippen LogP contribution in [0.3, 0.4) is 0 Å². The molecule has 78 valence electrons. The van der Waals surface area contributed by atoms with E-state index in [1.54, 1.807) is 6.26 Å². The lowest BCUT2D eigenvalue weighted by molar-refractivity contribution is -0.139. The average molecular weight is 222 g/mol. The summed E-state index contributed by atoms with van der Waals surface area (Å²) in [7, 11) is 0. The van der Waals surface area contributed by atoms with Gasteiger partial charge in [0.25, 0.3) is 0 Å². The first kappa shape index (κ1) is 11.4. The fourth-order valence-corrected chi connectivity index (χ4v) is 1.67. The third-order valence-corrected chi connectivity index (χ3v) is 2.55. The monoisotopic (exact) mass is 222 g/mol. The molecule has 0 amide bonds. The van der Waals surface area contributed by atoms with Crippen molar-refractivity contribution in [3.8, 4) is 0 Å². The van der Waals surface area contributed by atoms with Gasteiger partial charge >= 0.3 is 6.18 Å². The van der Waals surface area contributed by atoms with Crippen LogP contribution < -0.4 is 0 Å². The molecule has 1 aromatic rings. The first-order valence-electron chi connectivity index (χ1n) is 3.84. The maximum Gasteiger partial charge on any atom is 0.417 e. The molecule has 0 saturated heterocycles. The van der Waals surface area contributed by atoms with Gasteiger partial charge < -0.3 is 5.11 Å². The second-order valence-electron chi connectivity index (χ2n) is 2.69. The Kier molecular flexibility index (Phi) is 3.44. The van der Waals surface area contributed by atoms with Crippen LogP contribution in [0.2, 0.25) is 0 Å². The minimum atomic E-state index is -4.36. The van der Waals surface area contributed by atoms with Crippen molar-refractivity contribution in [1.82, 2.24) is 0 Å². The number of alkyl halides is 3. The lowest BCUT2D eigenvalue weighted by Crippen LogP contribution is -2.07. The standard InChI is InChI=1S/C9H9F3OS/c1-14-8-3-2-6(5-13)4-7(8)9(10,11)12/h2-4,13H,5H2,1H3. The zero-order valence-corrected chi connectivity index (χ0v) is 8.25. The van der Waals surface area contributed by atoms with Crippen LogP contribution in [0.1, 0.15) is 11.1 Å². The van der Waals surface area contributed by atoms with Crippen molar-refractivity contribution in [2.45, 2.75) is 17.7 Å². The molecule has 14 heavy (non-hydrogen) atoms. The molecular weight excluding hydrogens is 213 g/mol. The molecule has 0 spiro atoms. The van der Waals surface area contributed by atoms with E-state index in [0.29, 0.717) is 0 Å². The van der Waals surface area contributed by atoms with E-state index in [1.165, 1.54) is 12.1 Å². The van der Waals surface area contributed by atoms with Gasteiger partial charge in [0, 0.05) is 4.90 Å². The molecule has 0 fully saturated rings. The van der Waals surface area contributed by atoms with Crippen LogP contribution in [0.25, 0.3) is 0 Å². The Labute approximate surface area is 83.9 Å². The van der Waals surface area contributed by atoms with Crippen LogP contribution in [0.15, 0.2) is 23.1 Å². The number of hydrogen-bond acceptors (Lipinski definition) is 2. The number of thioether (sulfide) groups is 1. The van der Waals surface area contributed by atoms with Gasteiger partial charge in [0.15, 0.2) is 0 Å². The molecule has 0 bridgehead atoms. The molecular formula is C9H9F3OS. The van der Waals surface area contributed by atoms with E-state index < -0.39 is 11.7 Å². The minimum Gasteiger partial charge on any atom is -0.392 e. The first-order chi connectivity index (χ1) is 6.49. The first-order valence-corrected chi connectivity index (χ1v) is 5.06. The quantitative estimate of drug-likeness (QED) is 0.776. The van der Waals surface area contributed by atoms with Crippen molar-refractivity contribution in [3.63, 3.8) is 0 Å². The predicted molar refractivity (Wildman–Crippen MR) is 49.1 cm³/mol. The van der Waals surface area contributed by atoms with E-state index in [4.69, 9.17) is 5.11 Å². The van der Waals surface area contributed by atoms with Gasteiger partial charge in [-0.1, -0.05) is 6.07 Å². The summed E-state index contributed by atoms with van der Waals surface area (Å²) in [4.78, 5) is 0.176. The van der Waals surface area contributed by atoms with Crippen LogP contribution in [-0.2, 0) is 12.8 Å². The van der Waals surface area contributed by atoms with Crippen LogP contribution in [0.4, 0.5) is 13.2 Å². The van der Waals surface area contributed by atoms with Crippen LogP contribution in [0, 0.1) is 0 Å². The lowest BCUT2D eigenvalue weighted by atomic mass is 10.1. The van der Waals surface area contributed by atoms with Crippen molar-refractivity contribution in [3.05, 3.63) is 29.3 Å². The van der Waals surface area contributed by atoms with Crippen LogP contribution in [0.5, 0.6) is 0 Å². The normalized spacial score (nSPS) is 11.8. The molecule has 0 aromatic heterocycles. The number of halogens is 3. The summed E-state index contributed by atoms with van der Waals surface area (Å²) in [5, 5.41) is 8.72. The van der Waals surface area contributed by atoms with E-state index in [0.717, 1.165) is 17.8 Å². The highest BCUT2D eigenvalue weighted by atomic mass is 32.2. The molecule has 1 aromatic carbocycles. The van der Waals surface area contributed by atoms with Gasteiger partial charge in [-0.2, -0.15) is 13.2 Å². The topological polar surface area (TPSA) is 20.2 Å². The molecule has 0 radical (unpaired) electrons. The van der Waals surface area contributed by atoms with Gasteiger partial charge in [0.05, 0.1) is 12.2 Å². The fraction of sp³-hybridized carbons (Fsp3) is 0.333. The van der Waals surface area contributed by atoms with E-state index in [9.17, 15) is 13.2 Å². The van der Waals surface area contributed by atoms with Crippen LogP contribution >= 0.6 is 11.8 Å². The number of hydrogen-bond donors (Lipinski definition) is 1. The molecule has 0 aliphatic carbocycles. The lowest BCUT2D eigenvalue weighted by Gasteiger charge is -2.12. The highest BCUT2D eigenvalue weighted by Gasteiger charge is 2.33. The second-order valence-corrected chi connectivity index (χ2v) is 3.54. The molecule has 1 nitrogen and oxygen atoms in total. The number of aliphatic hydroxyl groups excluding tert-OH is 1. The maximum atomic E-state index is 12.5. The van der Waals surface area contributed by atoms with E-state index in [2.05, 4.69) is 0 Å². The predicted octanol–water partition coefficient (Wildman–Crippen LogP) is 2.92. The average Bonchev–Trinajstić information content (AvgIpc) is 2.15. The van der Waals surface area contributed by atoms with Crippen molar-refractivity contribution < 1.29 is 18.3 Å². The molecule has 0 aliphatic heterocycles. The van der Waals surface area contributed by atoms with Crippen molar-refractivity contribution in [2.24, 2.45) is 0 Å². The third-order valence-electron chi connectivity index (χ3n) is 1.75. The summed E-state index contributed by atoms with van der Waals surface area (Å²) in [6.45, 7) is -0.377. The number of benzene rings is 1. The molecule has 0 atom stereocenters. The van der Waals surface area contributed by atoms with Crippen molar-refractivity contribution in [1.29, 1.82) is 0 Å². The van der Waals surface area contributed by atoms with Gasteiger partial charge in [-0.25, -0.2) is 0 Å². The van der Waals surface area contributed by atoms with Gasteiger partial charge in [-0.15, -0.1) is 11.8 Å². The molecule has 0 aliphatic rings. The van der Waals surface area contributed by atoms with Gasteiger partial charge in [0.2, 0.25) is 0 Å². The Morgan fingerprint density at radius 1 is 1.36 bits per heavy atom. The third kappa shape index (κ3) is 2.42. The largest absolute Gasteiger partial charge is 0.417 e. The zero-order valence-electron chi connectivity index (χ0n) is 7.43. The van der Waals surface area contributed by atoms with E-state index >= 15 is 0 Å². The van der Waals surface area contributed by atoms with E-state index in [1.807, 2.05) is 0 Å². The Morgan fingerprint density at radius 3 is 2.43 bits per heavy atom. The van der Waals surface area contributed by atoms with Crippen molar-refractivity contribution in [2.75, 3.05) is 6.26 Å².